The van der Waals surface area contributed by atoms with Crippen molar-refractivity contribution in [3.8, 4) is 0 Å². The van der Waals surface area contributed by atoms with Crippen molar-refractivity contribution in [2.45, 2.75) is 32.7 Å². The Kier molecular flexibility index (Phi) is 7.38. The van der Waals surface area contributed by atoms with Crippen molar-refractivity contribution >= 4 is 35.0 Å². The Hall–Kier alpha value is -2.38. The summed E-state index contributed by atoms with van der Waals surface area (Å²) in [4.78, 5) is 41.1. The van der Waals surface area contributed by atoms with E-state index in [1.165, 1.54) is 0 Å². The second-order valence-corrected chi connectivity index (χ2v) is 8.72. The van der Waals surface area contributed by atoms with Gasteiger partial charge in [0.25, 0.3) is 0 Å². The van der Waals surface area contributed by atoms with Crippen LogP contribution in [-0.2, 0) is 14.4 Å². The van der Waals surface area contributed by atoms with Crippen molar-refractivity contribution in [3.05, 3.63) is 40.9 Å². The Balaban J connectivity index is 1.96. The molecular formula is C23H30ClN3O4. The van der Waals surface area contributed by atoms with Gasteiger partial charge in [0.1, 0.15) is 6.04 Å². The van der Waals surface area contributed by atoms with E-state index in [-0.39, 0.29) is 30.2 Å². The molecule has 1 aromatic carbocycles. The lowest BCUT2D eigenvalue weighted by Gasteiger charge is -2.32. The number of benzene rings is 1. The maximum Gasteiger partial charge on any atom is 0.247 e. The fourth-order valence-electron chi connectivity index (χ4n) is 4.78. The second kappa shape index (κ2) is 9.83. The number of allylic oxidation sites excluding steroid dienone is 1. The van der Waals surface area contributed by atoms with Gasteiger partial charge in [0, 0.05) is 26.1 Å². The minimum atomic E-state index is -0.747. The van der Waals surface area contributed by atoms with Crippen LogP contribution >= 0.6 is 11.6 Å². The first-order chi connectivity index (χ1) is 14.8. The maximum absolute atomic E-state index is 13.5. The highest BCUT2D eigenvalue weighted by molar-refractivity contribution is 6.34. The van der Waals surface area contributed by atoms with Gasteiger partial charge in [-0.25, -0.2) is 0 Å². The summed E-state index contributed by atoms with van der Waals surface area (Å²) < 4.78 is 0. The van der Waals surface area contributed by atoms with Crippen molar-refractivity contribution in [1.29, 1.82) is 0 Å². The summed E-state index contributed by atoms with van der Waals surface area (Å²) in [5.74, 6) is -2.37. The maximum atomic E-state index is 13.5. The van der Waals surface area contributed by atoms with Gasteiger partial charge in [-0.15, -0.1) is 0 Å². The van der Waals surface area contributed by atoms with Crippen molar-refractivity contribution in [2.75, 3.05) is 25.5 Å². The van der Waals surface area contributed by atoms with Crippen LogP contribution in [0.5, 0.6) is 0 Å². The Bertz CT molecular complexity index is 867. The van der Waals surface area contributed by atoms with Crippen molar-refractivity contribution in [3.63, 3.8) is 0 Å². The molecule has 168 valence electrons. The van der Waals surface area contributed by atoms with Crippen molar-refractivity contribution in [2.24, 2.45) is 23.7 Å². The first-order valence-corrected chi connectivity index (χ1v) is 11.1. The molecule has 0 saturated carbocycles. The SMILES string of the molecule is CNC(=O)[C@H]1[C@H]2C(=O)N(CCCCO)[C@H](C(=O)Nc3c(C)cccc3Cl)[C@H]2C=C[C@H]1C. The average Bonchev–Trinajstić information content (AvgIpc) is 3.02. The molecule has 3 amide bonds. The molecule has 5 atom stereocenters. The monoisotopic (exact) mass is 447 g/mol. The molecule has 8 heteroatoms. The molecular weight excluding hydrogens is 418 g/mol. The lowest BCUT2D eigenvalue weighted by atomic mass is 9.70. The van der Waals surface area contributed by atoms with Crippen LogP contribution in [0.1, 0.15) is 25.3 Å². The van der Waals surface area contributed by atoms with E-state index >= 15 is 0 Å². The van der Waals surface area contributed by atoms with E-state index < -0.39 is 23.8 Å². The lowest BCUT2D eigenvalue weighted by Crippen LogP contribution is -2.45. The number of unbranched alkanes of at least 4 members (excludes halogenated alkanes) is 1. The number of aliphatic hydroxyl groups is 1. The molecule has 0 unspecified atom stereocenters. The number of hydrogen-bond acceptors (Lipinski definition) is 4. The Morgan fingerprint density at radius 3 is 2.58 bits per heavy atom. The van der Waals surface area contributed by atoms with E-state index in [1.54, 1.807) is 18.0 Å². The summed E-state index contributed by atoms with van der Waals surface area (Å²) in [5, 5.41) is 15.2. The number of halogens is 1. The van der Waals surface area contributed by atoms with Gasteiger partial charge in [-0.1, -0.05) is 42.8 Å². The number of aryl methyl sites for hydroxylation is 1. The van der Waals surface area contributed by atoms with Crippen LogP contribution in [-0.4, -0.2) is 54.0 Å². The number of anilines is 1. The Morgan fingerprint density at radius 2 is 1.94 bits per heavy atom. The highest BCUT2D eigenvalue weighted by Gasteiger charge is 2.56. The fourth-order valence-corrected chi connectivity index (χ4v) is 5.05. The van der Waals surface area contributed by atoms with Crippen molar-refractivity contribution in [1.82, 2.24) is 10.2 Å². The molecule has 0 radical (unpaired) electrons. The molecule has 3 N–H and O–H groups in total. The normalized spacial score (nSPS) is 27.2. The predicted molar refractivity (Wildman–Crippen MR) is 119 cm³/mol. The molecule has 1 aromatic rings. The molecule has 2 aliphatic rings. The summed E-state index contributed by atoms with van der Waals surface area (Å²) in [6.45, 7) is 4.13. The number of aliphatic hydroxyl groups excluding tert-OH is 1. The van der Waals surface area contributed by atoms with Gasteiger partial charge in [-0.2, -0.15) is 0 Å². The molecule has 1 aliphatic heterocycles. The zero-order valence-corrected chi connectivity index (χ0v) is 18.9. The molecule has 1 aliphatic carbocycles. The fraction of sp³-hybridized carbons (Fsp3) is 0.522. The van der Waals surface area contributed by atoms with Crippen LogP contribution in [0.15, 0.2) is 30.4 Å². The molecule has 7 nitrogen and oxygen atoms in total. The molecule has 31 heavy (non-hydrogen) atoms. The summed E-state index contributed by atoms with van der Waals surface area (Å²) in [6.07, 6.45) is 4.93. The number of likely N-dealkylation sites (tertiary alicyclic amines) is 1. The zero-order chi connectivity index (χ0) is 22.7. The van der Waals surface area contributed by atoms with Crippen LogP contribution in [0.3, 0.4) is 0 Å². The number of carbonyl (C=O) groups excluding carboxylic acids is 3. The smallest absolute Gasteiger partial charge is 0.247 e. The predicted octanol–water partition coefficient (Wildman–Crippen LogP) is 2.37. The average molecular weight is 448 g/mol. The Labute approximate surface area is 187 Å². The summed E-state index contributed by atoms with van der Waals surface area (Å²) in [5.41, 5.74) is 1.35. The zero-order valence-electron chi connectivity index (χ0n) is 18.1. The Morgan fingerprint density at radius 1 is 1.19 bits per heavy atom. The quantitative estimate of drug-likeness (QED) is 0.441. The summed E-state index contributed by atoms with van der Waals surface area (Å²) in [6, 6.07) is 4.62. The first kappa shape index (κ1) is 23.3. The van der Waals surface area contributed by atoms with Crippen LogP contribution in [0.2, 0.25) is 5.02 Å². The van der Waals surface area contributed by atoms with Gasteiger partial charge in [-0.05, 0) is 37.3 Å². The lowest BCUT2D eigenvalue weighted by molar-refractivity contribution is -0.140. The van der Waals surface area contributed by atoms with E-state index in [9.17, 15) is 14.4 Å². The summed E-state index contributed by atoms with van der Waals surface area (Å²) >= 11 is 6.30. The van der Waals surface area contributed by atoms with E-state index in [0.717, 1.165) is 5.56 Å². The largest absolute Gasteiger partial charge is 0.396 e. The van der Waals surface area contributed by atoms with E-state index in [2.05, 4.69) is 10.6 Å². The number of rotatable bonds is 7. The number of para-hydroxylation sites is 1. The molecule has 0 bridgehead atoms. The van der Waals surface area contributed by atoms with Crippen molar-refractivity contribution < 1.29 is 19.5 Å². The van der Waals surface area contributed by atoms with Gasteiger partial charge < -0.3 is 20.6 Å². The van der Waals surface area contributed by atoms with Gasteiger partial charge >= 0.3 is 0 Å². The summed E-state index contributed by atoms with van der Waals surface area (Å²) in [7, 11) is 1.56. The standard InChI is InChI=1S/C23H30ClN3O4/c1-13-9-10-15-18(17(13)21(29)25-3)23(31)27(11-4-5-12-28)20(15)22(30)26-19-14(2)7-6-8-16(19)24/h6-10,13,15,17-18,20,28H,4-5,11-12H2,1-3H3,(H,25,29)(H,26,30)/t13-,15+,17-,18+,20+/m1/s1. The molecule has 1 heterocycles. The minimum absolute atomic E-state index is 0.0162. The molecule has 0 spiro atoms. The van der Waals surface area contributed by atoms with Gasteiger partial charge in [-0.3, -0.25) is 14.4 Å². The number of nitrogens with one attached hydrogen (secondary N) is 2. The van der Waals surface area contributed by atoms with Gasteiger partial charge in [0.15, 0.2) is 0 Å². The molecule has 0 aromatic heterocycles. The van der Waals surface area contributed by atoms with E-state index in [4.69, 9.17) is 16.7 Å². The number of fused-ring (bicyclic) bond motifs is 1. The molecule has 1 fully saturated rings. The highest BCUT2D eigenvalue weighted by atomic mass is 35.5. The third-order valence-corrected chi connectivity index (χ3v) is 6.68. The number of nitrogens with zero attached hydrogens (tertiary/aromatic N) is 1. The van der Waals surface area contributed by atoms with Crippen LogP contribution in [0.25, 0.3) is 0 Å². The van der Waals surface area contributed by atoms with Gasteiger partial charge in [0.2, 0.25) is 17.7 Å². The van der Waals surface area contributed by atoms with Crippen LogP contribution in [0.4, 0.5) is 5.69 Å². The second-order valence-electron chi connectivity index (χ2n) is 8.32. The van der Waals surface area contributed by atoms with Gasteiger partial charge in [0.05, 0.1) is 22.5 Å². The number of hydrogen-bond donors (Lipinski definition) is 3. The van der Waals surface area contributed by atoms with Crippen LogP contribution < -0.4 is 10.6 Å². The number of amides is 3. The van der Waals surface area contributed by atoms with Crippen LogP contribution in [0, 0.1) is 30.6 Å². The number of carbonyl (C=O) groups is 3. The molecule has 3 rings (SSSR count). The third-order valence-electron chi connectivity index (χ3n) is 6.37. The highest BCUT2D eigenvalue weighted by Crippen LogP contribution is 2.44. The third kappa shape index (κ3) is 4.48. The topological polar surface area (TPSA) is 98.7 Å². The molecule has 1 saturated heterocycles. The van der Waals surface area contributed by atoms with E-state index in [0.29, 0.717) is 30.1 Å². The first-order valence-electron chi connectivity index (χ1n) is 10.7. The minimum Gasteiger partial charge on any atom is -0.396 e. The van der Waals surface area contributed by atoms with E-state index in [1.807, 2.05) is 38.1 Å².